The molecular weight excluding hydrogens is 244 g/mol. The van der Waals surface area contributed by atoms with Crippen molar-refractivity contribution in [3.8, 4) is 0 Å². The van der Waals surface area contributed by atoms with Gasteiger partial charge in [0.15, 0.2) is 0 Å². The molecule has 0 heterocycles. The molecule has 0 saturated heterocycles. The highest BCUT2D eigenvalue weighted by atomic mass is 16.1. The molecule has 1 heteroatoms. The van der Waals surface area contributed by atoms with Crippen LogP contribution in [0.4, 0.5) is 0 Å². The molecule has 4 rings (SSSR count). The first-order valence-electron chi connectivity index (χ1n) is 8.87. The van der Waals surface area contributed by atoms with E-state index >= 15 is 0 Å². The second-order valence-electron chi connectivity index (χ2n) is 8.27. The van der Waals surface area contributed by atoms with Crippen LogP contribution < -0.4 is 0 Å². The molecule has 0 spiro atoms. The van der Waals surface area contributed by atoms with Crippen molar-refractivity contribution in [2.24, 2.45) is 35.0 Å². The quantitative estimate of drug-likeness (QED) is 0.496. The fourth-order valence-electron chi connectivity index (χ4n) is 6.61. The van der Waals surface area contributed by atoms with E-state index in [0.717, 1.165) is 17.8 Å². The van der Waals surface area contributed by atoms with E-state index in [1.165, 1.54) is 64.1 Å². The lowest BCUT2D eigenvalue weighted by molar-refractivity contribution is -0.121. The minimum absolute atomic E-state index is 0.353. The molecule has 3 fully saturated rings. The number of rotatable bonds is 1. The number of carbonyl (C=O) groups excluding carboxylic acids is 1. The third-order valence-corrected chi connectivity index (χ3v) is 7.36. The Bertz CT molecular complexity index is 437. The van der Waals surface area contributed by atoms with Gasteiger partial charge in [0.25, 0.3) is 0 Å². The van der Waals surface area contributed by atoms with E-state index in [9.17, 15) is 4.79 Å². The third-order valence-electron chi connectivity index (χ3n) is 7.36. The second-order valence-corrected chi connectivity index (χ2v) is 8.27. The van der Waals surface area contributed by atoms with E-state index in [1.807, 2.05) is 0 Å². The molecule has 6 atom stereocenters. The van der Waals surface area contributed by atoms with Crippen molar-refractivity contribution in [1.29, 1.82) is 0 Å². The minimum atomic E-state index is 0.353. The summed E-state index contributed by atoms with van der Waals surface area (Å²) in [5.41, 5.74) is 2.21. The van der Waals surface area contributed by atoms with Crippen LogP contribution in [0.2, 0.25) is 0 Å². The predicted molar refractivity (Wildman–Crippen MR) is 81.3 cm³/mol. The molecule has 3 saturated carbocycles. The molecule has 1 unspecified atom stereocenters. The van der Waals surface area contributed by atoms with Crippen LogP contribution in [0.15, 0.2) is 11.6 Å². The average Bonchev–Trinajstić information content (AvgIpc) is 2.87. The van der Waals surface area contributed by atoms with Crippen LogP contribution in [0.25, 0.3) is 0 Å². The average molecular weight is 272 g/mol. The highest BCUT2D eigenvalue weighted by Gasteiger charge is 2.55. The lowest BCUT2D eigenvalue weighted by Crippen LogP contribution is -2.48. The Morgan fingerprint density at radius 1 is 1.25 bits per heavy atom. The van der Waals surface area contributed by atoms with Gasteiger partial charge in [-0.15, -0.1) is 0 Å². The van der Waals surface area contributed by atoms with Gasteiger partial charge < -0.3 is 4.79 Å². The summed E-state index contributed by atoms with van der Waals surface area (Å²) in [6.45, 7) is 2.48. The Kier molecular flexibility index (Phi) is 3.09. The van der Waals surface area contributed by atoms with Gasteiger partial charge in [-0.3, -0.25) is 0 Å². The summed E-state index contributed by atoms with van der Waals surface area (Å²) in [5.74, 6) is 3.54. The number of hydrogen-bond donors (Lipinski definition) is 0. The maximum atomic E-state index is 11.8. The maximum Gasteiger partial charge on any atom is 0.123 e. The summed E-state index contributed by atoms with van der Waals surface area (Å²) < 4.78 is 0. The molecular formula is C19H28O. The van der Waals surface area contributed by atoms with Gasteiger partial charge in [0.1, 0.15) is 6.29 Å². The van der Waals surface area contributed by atoms with Gasteiger partial charge >= 0.3 is 0 Å². The van der Waals surface area contributed by atoms with Crippen molar-refractivity contribution in [1.82, 2.24) is 0 Å². The van der Waals surface area contributed by atoms with Crippen LogP contribution in [0, 0.1) is 35.0 Å². The van der Waals surface area contributed by atoms with Gasteiger partial charge in [-0.1, -0.05) is 31.4 Å². The van der Waals surface area contributed by atoms with E-state index in [2.05, 4.69) is 13.0 Å². The summed E-state index contributed by atoms with van der Waals surface area (Å²) in [6, 6.07) is 0. The van der Waals surface area contributed by atoms with Gasteiger partial charge in [0.05, 0.1) is 0 Å². The zero-order chi connectivity index (χ0) is 13.7. The van der Waals surface area contributed by atoms with Crippen molar-refractivity contribution in [3.63, 3.8) is 0 Å². The number of hydrogen-bond acceptors (Lipinski definition) is 1. The normalized spacial score (nSPS) is 50.6. The molecule has 0 aromatic heterocycles. The molecule has 0 radical (unpaired) electrons. The lowest BCUT2D eigenvalue weighted by Gasteiger charge is -2.54. The first-order chi connectivity index (χ1) is 9.73. The van der Waals surface area contributed by atoms with Crippen LogP contribution in [0.1, 0.15) is 64.7 Å². The molecule has 1 nitrogen and oxygen atoms in total. The summed E-state index contributed by atoms with van der Waals surface area (Å²) in [7, 11) is 0. The van der Waals surface area contributed by atoms with E-state index < -0.39 is 0 Å². The number of aldehydes is 1. The third kappa shape index (κ3) is 1.77. The maximum absolute atomic E-state index is 11.8. The van der Waals surface area contributed by atoms with Gasteiger partial charge in [-0.25, -0.2) is 0 Å². The highest BCUT2D eigenvalue weighted by molar-refractivity contribution is 5.55. The lowest BCUT2D eigenvalue weighted by atomic mass is 9.50. The summed E-state index contributed by atoms with van der Waals surface area (Å²) >= 11 is 0. The van der Waals surface area contributed by atoms with E-state index in [0.29, 0.717) is 17.3 Å². The number of carbonyl (C=O) groups is 1. The molecule has 20 heavy (non-hydrogen) atoms. The van der Waals surface area contributed by atoms with Crippen LogP contribution in [0.3, 0.4) is 0 Å². The van der Waals surface area contributed by atoms with Crippen molar-refractivity contribution in [2.75, 3.05) is 0 Å². The van der Waals surface area contributed by atoms with Crippen LogP contribution >= 0.6 is 0 Å². The molecule has 0 aliphatic heterocycles. The van der Waals surface area contributed by atoms with E-state index in [1.54, 1.807) is 5.57 Å². The first kappa shape index (κ1) is 13.1. The van der Waals surface area contributed by atoms with Gasteiger partial charge in [-0.2, -0.15) is 0 Å². The summed E-state index contributed by atoms with van der Waals surface area (Å²) in [5, 5.41) is 0. The predicted octanol–water partition coefficient (Wildman–Crippen LogP) is 4.76. The molecule has 110 valence electrons. The zero-order valence-electron chi connectivity index (χ0n) is 12.8. The number of fused-ring (bicyclic) bond motifs is 5. The Morgan fingerprint density at radius 2 is 2.15 bits per heavy atom. The molecule has 0 N–H and O–H groups in total. The first-order valence-corrected chi connectivity index (χ1v) is 8.87. The van der Waals surface area contributed by atoms with Gasteiger partial charge in [0.2, 0.25) is 0 Å². The molecule has 4 aliphatic rings. The monoisotopic (exact) mass is 272 g/mol. The molecule has 0 bridgehead atoms. The molecule has 0 amide bonds. The van der Waals surface area contributed by atoms with Gasteiger partial charge in [-0.05, 0) is 74.0 Å². The van der Waals surface area contributed by atoms with Crippen LogP contribution in [-0.2, 0) is 4.79 Å². The van der Waals surface area contributed by atoms with Crippen LogP contribution in [-0.4, -0.2) is 6.29 Å². The molecule has 0 aromatic rings. The minimum Gasteiger partial charge on any atom is -0.303 e. The highest BCUT2D eigenvalue weighted by Crippen LogP contribution is 2.62. The Morgan fingerprint density at radius 3 is 3.00 bits per heavy atom. The molecule has 0 aromatic carbocycles. The standard InChI is InChI=1S/C19H28O/c1-19-10-4-7-17(19)16-9-8-13-5-2-3-6-15(13)18(16)14(11-19)12-20/h8,12,14-18H,2-7,9-11H2,1H3/t14?,15-,16-,17-,18+,19-/m0/s1. The fourth-order valence-corrected chi connectivity index (χ4v) is 6.61. The van der Waals surface area contributed by atoms with E-state index in [4.69, 9.17) is 0 Å². The van der Waals surface area contributed by atoms with Gasteiger partial charge in [0, 0.05) is 5.92 Å². The Hall–Kier alpha value is -0.590. The topological polar surface area (TPSA) is 17.1 Å². The zero-order valence-corrected chi connectivity index (χ0v) is 12.8. The smallest absolute Gasteiger partial charge is 0.123 e. The largest absolute Gasteiger partial charge is 0.303 e. The SMILES string of the molecule is C[C@@]12CCC[C@H]1[C@@H]1CC=C3CCCC[C@@H]3[C@H]1C(C=O)C2. The Labute approximate surface area is 123 Å². The van der Waals surface area contributed by atoms with Crippen LogP contribution in [0.5, 0.6) is 0 Å². The van der Waals surface area contributed by atoms with Crippen molar-refractivity contribution < 1.29 is 4.79 Å². The number of allylic oxidation sites excluding steroid dienone is 2. The van der Waals surface area contributed by atoms with Crippen molar-refractivity contribution in [2.45, 2.75) is 64.7 Å². The molecule has 4 aliphatic carbocycles. The van der Waals surface area contributed by atoms with Crippen molar-refractivity contribution >= 4 is 6.29 Å². The second kappa shape index (κ2) is 4.71. The van der Waals surface area contributed by atoms with Crippen molar-refractivity contribution in [3.05, 3.63) is 11.6 Å². The Balaban J connectivity index is 1.72. The summed E-state index contributed by atoms with van der Waals surface area (Å²) in [6.07, 6.45) is 16.1. The summed E-state index contributed by atoms with van der Waals surface area (Å²) in [4.78, 5) is 11.8. The van der Waals surface area contributed by atoms with E-state index in [-0.39, 0.29) is 0 Å². The fraction of sp³-hybridized carbons (Fsp3) is 0.842.